The summed E-state index contributed by atoms with van der Waals surface area (Å²) >= 11 is 0. The maximum absolute atomic E-state index is 11.5. The zero-order valence-corrected chi connectivity index (χ0v) is 19.8. The van der Waals surface area contributed by atoms with E-state index in [1.54, 1.807) is 0 Å². The molecular weight excluding hydrogens is 626 g/mol. The van der Waals surface area contributed by atoms with Gasteiger partial charge >= 0.3 is 35.7 Å². The number of sulfonamides is 1. The summed E-state index contributed by atoms with van der Waals surface area (Å²) in [6.45, 7) is 0. The van der Waals surface area contributed by atoms with Gasteiger partial charge in [-0.3, -0.25) is 4.55 Å². The van der Waals surface area contributed by atoms with E-state index in [9.17, 15) is 21.6 Å². The van der Waals surface area contributed by atoms with Crippen molar-refractivity contribution in [3.63, 3.8) is 0 Å². The zero-order chi connectivity index (χ0) is 21.6. The molecule has 2 atom stereocenters. The molecule has 0 unspecified atom stereocenters. The molecule has 0 heterocycles. The third kappa shape index (κ3) is 10.6. The Balaban J connectivity index is 0. The average molecular weight is 647 g/mol. The summed E-state index contributed by atoms with van der Waals surface area (Å²) in [6.07, 6.45) is 1.08. The van der Waals surface area contributed by atoms with E-state index >= 15 is 0 Å². The van der Waals surface area contributed by atoms with Crippen LogP contribution in [0.25, 0.3) is 4.72 Å². The van der Waals surface area contributed by atoms with E-state index in [0.717, 1.165) is 17.4 Å². The second-order valence-electron chi connectivity index (χ2n) is 5.55. The van der Waals surface area contributed by atoms with Gasteiger partial charge in [0.15, 0.2) is 0 Å². The van der Waals surface area contributed by atoms with Crippen LogP contribution in [0.15, 0.2) is 60.7 Å². The van der Waals surface area contributed by atoms with Crippen molar-refractivity contribution < 1.29 is 54.7 Å². The topological polar surface area (TPSA) is 129 Å². The molecule has 0 saturated heterocycles. The Bertz CT molecular complexity index is 958. The summed E-state index contributed by atoms with van der Waals surface area (Å²) in [5, 5.41) is 0. The standard InChI is InChI=1S/C15H17N2O2S.CHF3O3S.CH3.Ir/c1-20(18,19)17-15(13-10-6-3-7-11-13)14(16)12-8-4-2-5-9-12;2-1(3,4)8(5,6)7;;/h2-11,14-15H,16H2,1H3;(H,5,6,7);1H3;/q-1;;-1;+3/t14-,15-;;;/m0.../s1. The van der Waals surface area contributed by atoms with E-state index < -0.39 is 37.7 Å². The van der Waals surface area contributed by atoms with Crippen molar-refractivity contribution in [2.75, 3.05) is 6.26 Å². The molecular formula is C17H21F3IrN2O5S2+. The fraction of sp³-hybridized carbons (Fsp3) is 0.235. The minimum Gasteiger partial charge on any atom is -0.541 e. The second kappa shape index (κ2) is 12.5. The van der Waals surface area contributed by atoms with Crippen LogP contribution >= 0.6 is 0 Å². The van der Waals surface area contributed by atoms with Gasteiger partial charge in [-0.15, -0.1) is 0 Å². The minimum atomic E-state index is -5.84. The van der Waals surface area contributed by atoms with Gasteiger partial charge in [0.05, 0.1) is 10.0 Å². The van der Waals surface area contributed by atoms with Crippen molar-refractivity contribution in [3.8, 4) is 0 Å². The molecule has 2 aromatic rings. The van der Waals surface area contributed by atoms with Crippen LogP contribution in [0.5, 0.6) is 0 Å². The van der Waals surface area contributed by atoms with Gasteiger partial charge in [-0.25, -0.2) is 8.42 Å². The van der Waals surface area contributed by atoms with Crippen LogP contribution < -0.4 is 5.73 Å². The third-order valence-electron chi connectivity index (χ3n) is 3.26. The Morgan fingerprint density at radius 1 is 0.900 bits per heavy atom. The smallest absolute Gasteiger partial charge is 0.541 e. The largest absolute Gasteiger partial charge is 3.00 e. The number of nitrogens with zero attached hydrogens (tertiary/aromatic N) is 1. The Labute approximate surface area is 188 Å². The zero-order valence-electron chi connectivity index (χ0n) is 15.8. The molecule has 170 valence electrons. The van der Waals surface area contributed by atoms with E-state index in [1.807, 2.05) is 60.7 Å². The van der Waals surface area contributed by atoms with Gasteiger partial charge in [0.1, 0.15) is 0 Å². The summed E-state index contributed by atoms with van der Waals surface area (Å²) in [7, 11) is -9.32. The molecule has 0 amide bonds. The summed E-state index contributed by atoms with van der Waals surface area (Å²) in [5.41, 5.74) is 2.33. The van der Waals surface area contributed by atoms with Crippen LogP contribution in [0.1, 0.15) is 23.2 Å². The minimum absolute atomic E-state index is 0. The van der Waals surface area contributed by atoms with Crippen LogP contribution in [0, 0.1) is 7.43 Å². The summed E-state index contributed by atoms with van der Waals surface area (Å²) in [5.74, 6) is 0. The maximum atomic E-state index is 11.5. The molecule has 0 radical (unpaired) electrons. The molecule has 0 aliphatic carbocycles. The van der Waals surface area contributed by atoms with E-state index in [0.29, 0.717) is 0 Å². The predicted octanol–water partition coefficient (Wildman–Crippen LogP) is 3.60. The van der Waals surface area contributed by atoms with E-state index in [2.05, 4.69) is 4.72 Å². The van der Waals surface area contributed by atoms with Crippen LogP contribution in [0.2, 0.25) is 0 Å². The van der Waals surface area contributed by atoms with Crippen LogP contribution in [0.4, 0.5) is 13.2 Å². The molecule has 0 fully saturated rings. The Kier molecular flexibility index (Phi) is 12.9. The summed E-state index contributed by atoms with van der Waals surface area (Å²) < 4.78 is 84.5. The van der Waals surface area contributed by atoms with Crippen LogP contribution in [0.3, 0.4) is 0 Å². The van der Waals surface area contributed by atoms with Gasteiger partial charge < -0.3 is 17.9 Å². The number of hydrogen-bond acceptors (Lipinski definition) is 5. The molecule has 2 rings (SSSR count). The first kappa shape index (κ1) is 30.8. The quantitative estimate of drug-likeness (QED) is 0.290. The maximum Gasteiger partial charge on any atom is 3.00 e. The summed E-state index contributed by atoms with van der Waals surface area (Å²) in [4.78, 5) is 0. The molecule has 30 heavy (non-hydrogen) atoms. The molecule has 0 aliphatic rings. The van der Waals surface area contributed by atoms with Crippen molar-refractivity contribution in [2.24, 2.45) is 5.73 Å². The molecule has 0 spiro atoms. The number of benzene rings is 2. The number of hydrogen-bond donors (Lipinski definition) is 2. The average Bonchev–Trinajstić information content (AvgIpc) is 2.59. The Morgan fingerprint density at radius 2 is 1.23 bits per heavy atom. The molecule has 0 saturated carbocycles. The first-order chi connectivity index (χ1) is 12.7. The first-order valence-electron chi connectivity index (χ1n) is 7.53. The van der Waals surface area contributed by atoms with Crippen molar-refractivity contribution in [2.45, 2.75) is 17.6 Å². The number of nitrogens with two attached hydrogens (primary N) is 1. The molecule has 0 aromatic heterocycles. The normalized spacial score (nSPS) is 13.5. The van der Waals surface area contributed by atoms with E-state index in [1.165, 1.54) is 0 Å². The third-order valence-corrected chi connectivity index (χ3v) is 4.46. The Morgan fingerprint density at radius 3 is 1.53 bits per heavy atom. The molecule has 0 aliphatic heterocycles. The second-order valence-corrected chi connectivity index (χ2v) is 8.64. The first-order valence-corrected chi connectivity index (χ1v) is 10.8. The van der Waals surface area contributed by atoms with Crippen molar-refractivity contribution in [1.29, 1.82) is 0 Å². The van der Waals surface area contributed by atoms with Gasteiger partial charge in [0, 0.05) is 12.3 Å². The predicted molar refractivity (Wildman–Crippen MR) is 105 cm³/mol. The molecule has 3 N–H and O–H groups in total. The van der Waals surface area contributed by atoms with E-state index in [4.69, 9.17) is 18.7 Å². The van der Waals surface area contributed by atoms with Gasteiger partial charge in [0.2, 0.25) is 0 Å². The SMILES string of the molecule is CS(=O)(=O)[N-][C@@H](c1ccccc1)[C@@H](N)c1ccccc1.O=S(=O)(O)C(F)(F)F.[CH3-].[Ir+3]. The van der Waals surface area contributed by atoms with Crippen LogP contribution in [-0.4, -0.2) is 33.2 Å². The van der Waals surface area contributed by atoms with E-state index in [-0.39, 0.29) is 27.5 Å². The fourth-order valence-electron chi connectivity index (χ4n) is 2.05. The van der Waals surface area contributed by atoms with Gasteiger partial charge in [-0.05, 0) is 5.56 Å². The fourth-order valence-corrected chi connectivity index (χ4v) is 2.71. The monoisotopic (exact) mass is 647 g/mol. The number of halogens is 3. The molecule has 2 aromatic carbocycles. The Hall–Kier alpha value is -1.34. The number of rotatable bonds is 5. The molecule has 13 heteroatoms. The van der Waals surface area contributed by atoms with Gasteiger partial charge in [-0.2, -0.15) is 21.6 Å². The van der Waals surface area contributed by atoms with Crippen molar-refractivity contribution >= 4 is 20.1 Å². The van der Waals surface area contributed by atoms with Gasteiger partial charge in [-0.1, -0.05) is 72.3 Å². The summed E-state index contributed by atoms with van der Waals surface area (Å²) in [6, 6.07) is 17.5. The van der Waals surface area contributed by atoms with Crippen molar-refractivity contribution in [1.82, 2.24) is 0 Å². The van der Waals surface area contributed by atoms with Gasteiger partial charge in [0.25, 0.3) is 0 Å². The molecule has 0 bridgehead atoms. The van der Waals surface area contributed by atoms with Crippen molar-refractivity contribution in [3.05, 3.63) is 83.9 Å². The van der Waals surface area contributed by atoms with Crippen LogP contribution in [-0.2, 0) is 40.2 Å². The molecule has 7 nitrogen and oxygen atoms in total. The number of alkyl halides is 3.